The number of para-hydroxylation sites is 1. The van der Waals surface area contributed by atoms with Gasteiger partial charge in [-0.3, -0.25) is 19.4 Å². The Kier molecular flexibility index (Phi) is 19.1. The third-order valence-electron chi connectivity index (χ3n) is 11.2. The number of likely N-dealkylation sites (tertiary alicyclic amines) is 1. The Morgan fingerprint density at radius 3 is 2.61 bits per heavy atom. The summed E-state index contributed by atoms with van der Waals surface area (Å²) in [5.41, 5.74) is 7.78. The molecule has 3 aromatic rings. The van der Waals surface area contributed by atoms with Gasteiger partial charge in [-0.25, -0.2) is 4.98 Å². The van der Waals surface area contributed by atoms with Gasteiger partial charge >= 0.3 is 5.97 Å². The average molecular weight is 809 g/mol. The van der Waals surface area contributed by atoms with Crippen LogP contribution >= 0.6 is 8.07 Å². The number of hydrogen-bond acceptors (Lipinski definition) is 13. The first-order chi connectivity index (χ1) is 27.8. The Hall–Kier alpha value is -3.49. The van der Waals surface area contributed by atoms with Crippen molar-refractivity contribution < 1.29 is 14.3 Å². The van der Waals surface area contributed by atoms with Gasteiger partial charge in [-0.05, 0) is 97.4 Å². The molecule has 2 fully saturated rings. The van der Waals surface area contributed by atoms with E-state index in [2.05, 4.69) is 57.2 Å². The van der Waals surface area contributed by atoms with Crippen molar-refractivity contribution in [3.8, 4) is 0 Å². The molecular formula is C41H69N12O3P. The second-order valence-electron chi connectivity index (χ2n) is 15.9. The number of carbonyl (C=O) groups is 2. The summed E-state index contributed by atoms with van der Waals surface area (Å²) >= 11 is 0. The summed E-state index contributed by atoms with van der Waals surface area (Å²) in [6.45, 7) is 13.5. The molecule has 57 heavy (non-hydrogen) atoms. The number of carbonyl (C=O) groups excluding carboxylic acids is 2. The van der Waals surface area contributed by atoms with Gasteiger partial charge in [-0.15, -0.1) is 5.10 Å². The molecule has 0 radical (unpaired) electrons. The van der Waals surface area contributed by atoms with Crippen LogP contribution in [0.2, 0.25) is 0 Å². The third-order valence-corrected chi connectivity index (χ3v) is 12.7. The highest BCUT2D eigenvalue weighted by molar-refractivity contribution is 7.54. The summed E-state index contributed by atoms with van der Waals surface area (Å²) in [6.07, 6.45) is 14.9. The number of nitrogens with one attached hydrogen (secondary N) is 5. The fourth-order valence-corrected chi connectivity index (χ4v) is 8.37. The van der Waals surface area contributed by atoms with Crippen LogP contribution in [0.5, 0.6) is 0 Å². The summed E-state index contributed by atoms with van der Waals surface area (Å²) in [7, 11) is -0.394. The molecule has 0 bridgehead atoms. The molecule has 1 aromatic carbocycles. The lowest BCUT2D eigenvalue weighted by Crippen LogP contribution is -2.43. The topological polar surface area (TPSA) is 189 Å². The molecule has 5 rings (SSSR count). The zero-order chi connectivity index (χ0) is 40.2. The second kappa shape index (κ2) is 24.4. The summed E-state index contributed by atoms with van der Waals surface area (Å²) in [5, 5.41) is 27.4. The fraction of sp³-hybridized carbons (Fsp3) is 0.707. The normalized spacial score (nSPS) is 17.0. The Labute approximate surface area is 341 Å². The van der Waals surface area contributed by atoms with Crippen molar-refractivity contribution in [3.63, 3.8) is 0 Å². The van der Waals surface area contributed by atoms with Gasteiger partial charge < -0.3 is 36.6 Å². The van der Waals surface area contributed by atoms with Crippen LogP contribution < -0.4 is 32.1 Å². The van der Waals surface area contributed by atoms with Crippen molar-refractivity contribution in [2.75, 3.05) is 69.3 Å². The Balaban J connectivity index is 0.985. The zero-order valence-corrected chi connectivity index (χ0v) is 35.6. The Morgan fingerprint density at radius 1 is 1.02 bits per heavy atom. The lowest BCUT2D eigenvalue weighted by atomic mass is 9.95. The maximum Gasteiger partial charge on any atom is 0.322 e. The minimum Gasteiger partial charge on any atom is -0.464 e. The zero-order valence-electron chi connectivity index (χ0n) is 34.7. The van der Waals surface area contributed by atoms with E-state index < -0.39 is 20.1 Å². The first kappa shape index (κ1) is 44.6. The minimum absolute atomic E-state index is 0.0172. The Morgan fingerprint density at radius 2 is 1.81 bits per heavy atom. The predicted molar refractivity (Wildman–Crippen MR) is 230 cm³/mol. The molecule has 16 heteroatoms. The summed E-state index contributed by atoms with van der Waals surface area (Å²) in [5.74, 6) is 1.49. The van der Waals surface area contributed by atoms with E-state index in [1.54, 1.807) is 0 Å². The van der Waals surface area contributed by atoms with Gasteiger partial charge in [0.05, 0.1) is 24.9 Å². The standard InChI is InChI=1S/C41H69N12O3P/c1-4-31(2)28-46-57(3)27-26-56-40(55)36(42)16-17-38(54)52-24-18-33(19-25-52)47-39-35-14-8-9-15-37(35)48-41(49-39)45-29-34-30-53(51-50-34)23-11-21-43-20-10-22-44-32-12-6-5-7-13-32/h8-9,14-15,30-33,36,43-44,46H,4-7,10-13,16-29,42H2,1-3H3,(H2,45,47,48,49)/t31?,36-,57?/m0/s1. The SMILES string of the molecule is CCC(C)CNP(C)CCOC(=O)[C@@H](N)CCC(=O)N1CCC(Nc2nc(NCc3cn(CCCNCCCNC4CCCCC4)nn3)nc3ccccc23)CC1. The van der Waals surface area contributed by atoms with Crippen LogP contribution in [-0.2, 0) is 27.4 Å². The van der Waals surface area contributed by atoms with Crippen LogP contribution in [0.4, 0.5) is 11.8 Å². The molecule has 2 aliphatic rings. The van der Waals surface area contributed by atoms with Crippen molar-refractivity contribution in [3.05, 3.63) is 36.2 Å². The van der Waals surface area contributed by atoms with Crippen molar-refractivity contribution >= 4 is 42.6 Å². The molecule has 7 N–H and O–H groups in total. The van der Waals surface area contributed by atoms with E-state index in [9.17, 15) is 9.59 Å². The van der Waals surface area contributed by atoms with Gasteiger partial charge in [0.15, 0.2) is 0 Å². The number of ether oxygens (including phenoxy) is 1. The van der Waals surface area contributed by atoms with Gasteiger partial charge in [-0.1, -0.05) is 56.9 Å². The number of rotatable bonds is 25. The molecule has 1 aliphatic heterocycles. The number of aromatic nitrogens is 5. The molecule has 1 aliphatic carbocycles. The minimum atomic E-state index is -0.800. The molecule has 1 amide bonds. The van der Waals surface area contributed by atoms with E-state index in [1.165, 1.54) is 32.1 Å². The number of piperidine rings is 1. The highest BCUT2D eigenvalue weighted by Crippen LogP contribution is 2.26. The van der Waals surface area contributed by atoms with E-state index in [4.69, 9.17) is 20.4 Å². The number of amides is 1. The molecule has 2 unspecified atom stereocenters. The lowest BCUT2D eigenvalue weighted by molar-refractivity contribution is -0.145. The van der Waals surface area contributed by atoms with Crippen LogP contribution in [-0.4, -0.2) is 119 Å². The molecule has 0 spiro atoms. The maximum atomic E-state index is 13.1. The molecular weight excluding hydrogens is 740 g/mol. The summed E-state index contributed by atoms with van der Waals surface area (Å²) in [6, 6.07) is 8.05. The smallest absolute Gasteiger partial charge is 0.322 e. The van der Waals surface area contributed by atoms with Crippen LogP contribution in [0.25, 0.3) is 10.9 Å². The molecule has 15 nitrogen and oxygen atoms in total. The van der Waals surface area contributed by atoms with Crippen molar-refractivity contribution in [1.82, 2.24) is 45.6 Å². The van der Waals surface area contributed by atoms with Gasteiger partial charge in [0, 0.05) is 56.2 Å². The van der Waals surface area contributed by atoms with E-state index >= 15 is 0 Å². The number of nitrogens with two attached hydrogens (primary N) is 1. The van der Waals surface area contributed by atoms with Crippen molar-refractivity contribution in [1.29, 1.82) is 0 Å². The van der Waals surface area contributed by atoms with Gasteiger partial charge in [0.1, 0.15) is 17.6 Å². The van der Waals surface area contributed by atoms with Crippen LogP contribution in [0.3, 0.4) is 0 Å². The fourth-order valence-electron chi connectivity index (χ4n) is 7.23. The first-order valence-corrected chi connectivity index (χ1v) is 23.5. The van der Waals surface area contributed by atoms with Crippen molar-refractivity contribution in [2.24, 2.45) is 11.7 Å². The second-order valence-corrected chi connectivity index (χ2v) is 18.1. The van der Waals surface area contributed by atoms with Gasteiger partial charge in [0.2, 0.25) is 11.9 Å². The largest absolute Gasteiger partial charge is 0.464 e. The number of hydrogen-bond donors (Lipinski definition) is 6. The molecule has 3 atom stereocenters. The van der Waals surface area contributed by atoms with E-state index in [1.807, 2.05) is 40.0 Å². The number of nitrogens with zero attached hydrogens (tertiary/aromatic N) is 6. The van der Waals surface area contributed by atoms with Crippen LogP contribution in [0, 0.1) is 5.92 Å². The quantitative estimate of drug-likeness (QED) is 0.0388. The highest BCUT2D eigenvalue weighted by atomic mass is 31.1. The number of benzene rings is 1. The molecule has 3 heterocycles. The average Bonchev–Trinajstić information content (AvgIpc) is 3.70. The van der Waals surface area contributed by atoms with Gasteiger partial charge in [-0.2, -0.15) is 4.98 Å². The highest BCUT2D eigenvalue weighted by Gasteiger charge is 2.25. The third kappa shape index (κ3) is 15.7. The number of anilines is 2. The van der Waals surface area contributed by atoms with Crippen LogP contribution in [0.15, 0.2) is 30.5 Å². The molecule has 2 aromatic heterocycles. The van der Waals surface area contributed by atoms with Crippen LogP contribution in [0.1, 0.15) is 96.6 Å². The van der Waals surface area contributed by atoms with E-state index in [0.717, 1.165) is 99.4 Å². The number of fused-ring (bicyclic) bond motifs is 1. The maximum absolute atomic E-state index is 13.1. The summed E-state index contributed by atoms with van der Waals surface area (Å²) < 4.78 is 7.32. The number of esters is 1. The predicted octanol–water partition coefficient (Wildman–Crippen LogP) is 4.84. The molecule has 316 valence electrons. The van der Waals surface area contributed by atoms with Crippen molar-refractivity contribution in [2.45, 2.75) is 122 Å². The Bertz CT molecular complexity index is 1630. The molecule has 1 saturated carbocycles. The lowest BCUT2D eigenvalue weighted by Gasteiger charge is -2.33. The first-order valence-electron chi connectivity index (χ1n) is 21.5. The van der Waals surface area contributed by atoms with Gasteiger partial charge in [0.25, 0.3) is 0 Å². The number of aryl methyl sites for hydroxylation is 1. The molecule has 1 saturated heterocycles. The summed E-state index contributed by atoms with van der Waals surface area (Å²) in [4.78, 5) is 37.0. The monoisotopic (exact) mass is 809 g/mol. The van der Waals surface area contributed by atoms with E-state index in [0.29, 0.717) is 38.1 Å². The van der Waals surface area contributed by atoms with E-state index in [-0.39, 0.29) is 24.8 Å².